The summed E-state index contributed by atoms with van der Waals surface area (Å²) in [6.07, 6.45) is 1.86. The molecular weight excluding hydrogens is 373 g/mol. The second-order valence-corrected chi connectivity index (χ2v) is 6.87. The Balaban J connectivity index is 1.84. The van der Waals surface area contributed by atoms with E-state index in [9.17, 15) is 0 Å². The molecule has 0 aliphatic carbocycles. The minimum Gasteiger partial charge on any atom is -0.285 e. The van der Waals surface area contributed by atoms with E-state index in [1.807, 2.05) is 49.5 Å². The predicted molar refractivity (Wildman–Crippen MR) is 109 cm³/mol. The fourth-order valence-corrected chi connectivity index (χ4v) is 3.27. The monoisotopic (exact) mass is 387 g/mol. The van der Waals surface area contributed by atoms with Crippen molar-refractivity contribution < 1.29 is 0 Å². The first kappa shape index (κ1) is 18.0. The standard InChI is InChI=1S/C21H16Cl3N/c1-14(18-10-11-19(22)21(24)20(18)23)25-13-15-6-5-9-17(12-15)16-7-3-2-4-8-16/h2-14H,1H3/b25-13+. The maximum atomic E-state index is 6.29. The molecule has 0 saturated carbocycles. The van der Waals surface area contributed by atoms with Crippen LogP contribution >= 0.6 is 34.8 Å². The van der Waals surface area contributed by atoms with Crippen molar-refractivity contribution in [1.29, 1.82) is 0 Å². The molecular formula is C21H16Cl3N. The lowest BCUT2D eigenvalue weighted by Crippen LogP contribution is -1.94. The first-order valence-corrected chi connectivity index (χ1v) is 9.01. The maximum absolute atomic E-state index is 6.29. The van der Waals surface area contributed by atoms with Crippen molar-refractivity contribution >= 4 is 41.0 Å². The van der Waals surface area contributed by atoms with E-state index in [2.05, 4.69) is 29.3 Å². The topological polar surface area (TPSA) is 12.4 Å². The molecule has 0 aromatic heterocycles. The molecule has 3 aromatic carbocycles. The summed E-state index contributed by atoms with van der Waals surface area (Å²) in [4.78, 5) is 4.62. The molecule has 0 bridgehead atoms. The fraction of sp³-hybridized carbons (Fsp3) is 0.0952. The van der Waals surface area contributed by atoms with Crippen LogP contribution in [0.2, 0.25) is 15.1 Å². The van der Waals surface area contributed by atoms with Crippen LogP contribution in [0.5, 0.6) is 0 Å². The van der Waals surface area contributed by atoms with Gasteiger partial charge < -0.3 is 0 Å². The molecule has 0 aliphatic rings. The van der Waals surface area contributed by atoms with Gasteiger partial charge in [0.25, 0.3) is 0 Å². The summed E-state index contributed by atoms with van der Waals surface area (Å²) in [5.41, 5.74) is 4.22. The highest BCUT2D eigenvalue weighted by Crippen LogP contribution is 2.36. The lowest BCUT2D eigenvalue weighted by molar-refractivity contribution is 0.825. The SMILES string of the molecule is CC(/N=C/c1cccc(-c2ccccc2)c1)c1ccc(Cl)c(Cl)c1Cl. The van der Waals surface area contributed by atoms with Gasteiger partial charge in [0.15, 0.2) is 0 Å². The molecule has 4 heteroatoms. The van der Waals surface area contributed by atoms with Gasteiger partial charge in [-0.1, -0.05) is 89.4 Å². The molecule has 0 N–H and O–H groups in total. The largest absolute Gasteiger partial charge is 0.285 e. The number of rotatable bonds is 4. The van der Waals surface area contributed by atoms with Gasteiger partial charge in [-0.2, -0.15) is 0 Å². The van der Waals surface area contributed by atoms with Crippen molar-refractivity contribution in [3.8, 4) is 11.1 Å². The lowest BCUT2D eigenvalue weighted by atomic mass is 10.0. The van der Waals surface area contributed by atoms with Crippen LogP contribution in [0, 0.1) is 0 Å². The van der Waals surface area contributed by atoms with Gasteiger partial charge in [0.1, 0.15) is 0 Å². The molecule has 0 amide bonds. The van der Waals surface area contributed by atoms with Gasteiger partial charge in [0.2, 0.25) is 0 Å². The molecule has 3 rings (SSSR count). The van der Waals surface area contributed by atoms with Gasteiger partial charge in [-0.15, -0.1) is 0 Å². The molecule has 0 saturated heterocycles. The minimum absolute atomic E-state index is 0.123. The summed E-state index contributed by atoms with van der Waals surface area (Å²) in [6, 6.07) is 22.0. The predicted octanol–water partition coefficient (Wildman–Crippen LogP) is 7.49. The Morgan fingerprint density at radius 2 is 1.52 bits per heavy atom. The van der Waals surface area contributed by atoms with E-state index < -0.39 is 0 Å². The van der Waals surface area contributed by atoms with Crippen LogP contribution in [-0.2, 0) is 0 Å². The van der Waals surface area contributed by atoms with Gasteiger partial charge in [-0.3, -0.25) is 4.99 Å². The summed E-state index contributed by atoms with van der Waals surface area (Å²) in [5.74, 6) is 0. The lowest BCUT2D eigenvalue weighted by Gasteiger charge is -2.11. The first-order valence-electron chi connectivity index (χ1n) is 7.88. The van der Waals surface area contributed by atoms with Crippen LogP contribution in [0.4, 0.5) is 0 Å². The summed E-state index contributed by atoms with van der Waals surface area (Å²) in [6.45, 7) is 1.98. The zero-order valence-corrected chi connectivity index (χ0v) is 15.9. The third-order valence-electron chi connectivity index (χ3n) is 3.96. The number of aliphatic imine (C=N–C) groups is 1. The quantitative estimate of drug-likeness (QED) is 0.324. The van der Waals surface area contributed by atoms with Gasteiger partial charge >= 0.3 is 0 Å². The second kappa shape index (κ2) is 8.05. The highest BCUT2D eigenvalue weighted by Gasteiger charge is 2.13. The van der Waals surface area contributed by atoms with Crippen molar-refractivity contribution in [3.63, 3.8) is 0 Å². The Morgan fingerprint density at radius 3 is 2.28 bits per heavy atom. The van der Waals surface area contributed by atoms with Crippen LogP contribution in [0.3, 0.4) is 0 Å². The summed E-state index contributed by atoms with van der Waals surface area (Å²) in [5, 5.41) is 1.27. The third kappa shape index (κ3) is 4.24. The van der Waals surface area contributed by atoms with Crippen LogP contribution in [0.25, 0.3) is 11.1 Å². The van der Waals surface area contributed by atoms with E-state index in [4.69, 9.17) is 34.8 Å². The molecule has 1 unspecified atom stereocenters. The third-order valence-corrected chi connectivity index (χ3v) is 5.26. The molecule has 0 radical (unpaired) electrons. The zero-order chi connectivity index (χ0) is 17.8. The first-order chi connectivity index (χ1) is 12.1. The highest BCUT2D eigenvalue weighted by molar-refractivity contribution is 6.48. The smallest absolute Gasteiger partial charge is 0.0782 e. The van der Waals surface area contributed by atoms with Crippen LogP contribution < -0.4 is 0 Å². The van der Waals surface area contributed by atoms with Crippen molar-refractivity contribution in [2.24, 2.45) is 4.99 Å². The molecule has 126 valence electrons. The minimum atomic E-state index is -0.123. The van der Waals surface area contributed by atoms with Crippen LogP contribution in [-0.4, -0.2) is 6.21 Å². The molecule has 0 fully saturated rings. The Kier molecular flexibility index (Phi) is 5.80. The Bertz CT molecular complexity index is 904. The number of hydrogen-bond donors (Lipinski definition) is 0. The maximum Gasteiger partial charge on any atom is 0.0782 e. The number of hydrogen-bond acceptors (Lipinski definition) is 1. The van der Waals surface area contributed by atoms with Crippen LogP contribution in [0.15, 0.2) is 71.7 Å². The van der Waals surface area contributed by atoms with E-state index in [0.717, 1.165) is 16.7 Å². The fourth-order valence-electron chi connectivity index (χ4n) is 2.57. The van der Waals surface area contributed by atoms with Gasteiger partial charge in [-0.25, -0.2) is 0 Å². The van der Waals surface area contributed by atoms with Gasteiger partial charge in [0, 0.05) is 6.21 Å². The summed E-state index contributed by atoms with van der Waals surface area (Å²) >= 11 is 18.4. The van der Waals surface area contributed by atoms with E-state index in [0.29, 0.717) is 15.1 Å². The zero-order valence-electron chi connectivity index (χ0n) is 13.6. The Hall–Kier alpha value is -1.80. The van der Waals surface area contributed by atoms with E-state index >= 15 is 0 Å². The Morgan fingerprint density at radius 1 is 0.800 bits per heavy atom. The second-order valence-electron chi connectivity index (χ2n) is 5.71. The molecule has 1 atom stereocenters. The average Bonchev–Trinajstić information content (AvgIpc) is 2.65. The van der Waals surface area contributed by atoms with Crippen molar-refractivity contribution in [3.05, 3.63) is 92.9 Å². The molecule has 0 spiro atoms. The number of benzene rings is 3. The average molecular weight is 389 g/mol. The highest BCUT2D eigenvalue weighted by atomic mass is 35.5. The Labute approximate surface area is 162 Å². The van der Waals surface area contributed by atoms with E-state index in [1.54, 1.807) is 6.07 Å². The molecule has 0 aliphatic heterocycles. The number of nitrogens with zero attached hydrogens (tertiary/aromatic N) is 1. The van der Waals surface area contributed by atoms with Crippen molar-refractivity contribution in [2.45, 2.75) is 13.0 Å². The van der Waals surface area contributed by atoms with E-state index in [-0.39, 0.29) is 6.04 Å². The summed E-state index contributed by atoms with van der Waals surface area (Å²) < 4.78 is 0. The van der Waals surface area contributed by atoms with Gasteiger partial charge in [-0.05, 0) is 41.3 Å². The van der Waals surface area contributed by atoms with E-state index in [1.165, 1.54) is 5.56 Å². The van der Waals surface area contributed by atoms with Gasteiger partial charge in [0.05, 0.1) is 21.1 Å². The van der Waals surface area contributed by atoms with Crippen LogP contribution in [0.1, 0.15) is 24.1 Å². The molecule has 1 nitrogen and oxygen atoms in total. The molecule has 0 heterocycles. The molecule has 25 heavy (non-hydrogen) atoms. The molecule has 3 aromatic rings. The van der Waals surface area contributed by atoms with Crippen molar-refractivity contribution in [2.75, 3.05) is 0 Å². The summed E-state index contributed by atoms with van der Waals surface area (Å²) in [7, 11) is 0. The number of halogens is 3. The normalized spacial score (nSPS) is 12.5. The van der Waals surface area contributed by atoms with Crippen molar-refractivity contribution in [1.82, 2.24) is 0 Å².